The van der Waals surface area contributed by atoms with Crippen molar-refractivity contribution >= 4 is 17.6 Å². The minimum Gasteiger partial charge on any atom is -0.459 e. The van der Waals surface area contributed by atoms with Gasteiger partial charge in [-0.2, -0.15) is 0 Å². The summed E-state index contributed by atoms with van der Waals surface area (Å²) in [6, 6.07) is 6.75. The number of carbonyl (C=O) groups excluding carboxylic acids is 2. The molecule has 1 fully saturated rings. The lowest BCUT2D eigenvalue weighted by Crippen LogP contribution is -2.49. The molecule has 132 valence electrons. The fourth-order valence-electron chi connectivity index (χ4n) is 2.77. The first-order chi connectivity index (χ1) is 12.2. The lowest BCUT2D eigenvalue weighted by atomic mass is 10.2. The van der Waals surface area contributed by atoms with Gasteiger partial charge in [0.2, 0.25) is 0 Å². The Morgan fingerprint density at radius 1 is 1.20 bits per heavy atom. The van der Waals surface area contributed by atoms with E-state index in [1.54, 1.807) is 35.4 Å². The fraction of sp³-hybridized carbons (Fsp3) is 0.353. The summed E-state index contributed by atoms with van der Waals surface area (Å²) < 4.78 is 5.16. The molecule has 2 amide bonds. The summed E-state index contributed by atoms with van der Waals surface area (Å²) in [6.45, 7) is 2.27. The maximum absolute atomic E-state index is 12.3. The minimum atomic E-state index is -0.272. The van der Waals surface area contributed by atoms with Crippen molar-refractivity contribution in [1.82, 2.24) is 15.2 Å². The number of aliphatic hydroxyl groups excluding tert-OH is 1. The topological polar surface area (TPSA) is 98.9 Å². The molecule has 3 rings (SSSR count). The second kappa shape index (κ2) is 7.80. The molecule has 0 saturated carbocycles. The third-order valence-corrected chi connectivity index (χ3v) is 4.03. The van der Waals surface area contributed by atoms with Gasteiger partial charge in [-0.1, -0.05) is 0 Å². The molecule has 0 bridgehead atoms. The number of piperazine rings is 1. The predicted octanol–water partition coefficient (Wildman–Crippen LogP) is 0.359. The molecule has 25 heavy (non-hydrogen) atoms. The maximum atomic E-state index is 12.3. The normalized spacial score (nSPS) is 14.4. The summed E-state index contributed by atoms with van der Waals surface area (Å²) in [6.07, 6.45) is 3.12. The summed E-state index contributed by atoms with van der Waals surface area (Å²) in [5.74, 6) is 0.510. The number of aliphatic hydroxyl groups is 1. The first kappa shape index (κ1) is 17.0. The van der Waals surface area contributed by atoms with Gasteiger partial charge < -0.3 is 24.6 Å². The third kappa shape index (κ3) is 3.80. The van der Waals surface area contributed by atoms with Crippen molar-refractivity contribution in [3.8, 4) is 0 Å². The molecule has 2 aromatic rings. The number of hydrogen-bond acceptors (Lipinski definition) is 6. The van der Waals surface area contributed by atoms with Gasteiger partial charge in [-0.25, -0.2) is 4.98 Å². The molecule has 3 heterocycles. The molecule has 0 atom stereocenters. The van der Waals surface area contributed by atoms with Crippen molar-refractivity contribution in [2.24, 2.45) is 0 Å². The largest absolute Gasteiger partial charge is 0.459 e. The number of nitrogens with zero attached hydrogens (tertiary/aromatic N) is 3. The highest BCUT2D eigenvalue weighted by atomic mass is 16.3. The molecule has 0 aliphatic carbocycles. The van der Waals surface area contributed by atoms with Crippen LogP contribution in [0, 0.1) is 0 Å². The molecule has 0 aromatic carbocycles. The molecule has 0 unspecified atom stereocenters. The van der Waals surface area contributed by atoms with Gasteiger partial charge in [0.1, 0.15) is 5.82 Å². The van der Waals surface area contributed by atoms with Crippen LogP contribution in [0.5, 0.6) is 0 Å². The van der Waals surface area contributed by atoms with Crippen LogP contribution in [0.25, 0.3) is 0 Å². The Labute approximate surface area is 145 Å². The Balaban J connectivity index is 1.67. The van der Waals surface area contributed by atoms with E-state index in [0.717, 1.165) is 0 Å². The number of rotatable bonds is 5. The second-order valence-electron chi connectivity index (χ2n) is 5.61. The van der Waals surface area contributed by atoms with Crippen LogP contribution in [0.4, 0.5) is 5.82 Å². The molecule has 8 nitrogen and oxygen atoms in total. The quantitative estimate of drug-likeness (QED) is 0.813. The van der Waals surface area contributed by atoms with Crippen LogP contribution in [-0.2, 0) is 0 Å². The summed E-state index contributed by atoms with van der Waals surface area (Å²) in [5, 5.41) is 11.5. The third-order valence-electron chi connectivity index (χ3n) is 4.03. The lowest BCUT2D eigenvalue weighted by Gasteiger charge is -2.35. The Hall–Kier alpha value is -2.87. The second-order valence-corrected chi connectivity index (χ2v) is 5.61. The fourth-order valence-corrected chi connectivity index (χ4v) is 2.77. The van der Waals surface area contributed by atoms with E-state index in [1.807, 2.05) is 4.90 Å². The van der Waals surface area contributed by atoms with Gasteiger partial charge in [0, 0.05) is 38.9 Å². The summed E-state index contributed by atoms with van der Waals surface area (Å²) in [4.78, 5) is 32.6. The van der Waals surface area contributed by atoms with Crippen LogP contribution in [0.2, 0.25) is 0 Å². The highest BCUT2D eigenvalue weighted by Crippen LogP contribution is 2.19. The highest BCUT2D eigenvalue weighted by Gasteiger charge is 2.26. The van der Waals surface area contributed by atoms with Crippen LogP contribution in [0.15, 0.2) is 41.1 Å². The Kier molecular flexibility index (Phi) is 5.30. The van der Waals surface area contributed by atoms with Gasteiger partial charge in [0.15, 0.2) is 5.76 Å². The Morgan fingerprint density at radius 3 is 2.68 bits per heavy atom. The Morgan fingerprint density at radius 2 is 2.00 bits per heavy atom. The number of amides is 2. The maximum Gasteiger partial charge on any atom is 0.289 e. The van der Waals surface area contributed by atoms with Crippen molar-refractivity contribution in [3.63, 3.8) is 0 Å². The standard InChI is InChI=1S/C17H20N4O4/c22-11-6-19-16(23)13-3-1-5-18-15(13)20-7-9-21(10-8-20)17(24)14-4-2-12-25-14/h1-5,12,22H,6-11H2,(H,19,23). The van der Waals surface area contributed by atoms with E-state index < -0.39 is 0 Å². The van der Waals surface area contributed by atoms with Gasteiger partial charge in [0.25, 0.3) is 11.8 Å². The molecule has 0 radical (unpaired) electrons. The van der Waals surface area contributed by atoms with Crippen molar-refractivity contribution in [1.29, 1.82) is 0 Å². The zero-order valence-electron chi connectivity index (χ0n) is 13.7. The van der Waals surface area contributed by atoms with Crippen molar-refractivity contribution in [2.45, 2.75) is 0 Å². The van der Waals surface area contributed by atoms with E-state index in [1.165, 1.54) is 6.26 Å². The number of furan rings is 1. The van der Waals surface area contributed by atoms with Crippen molar-refractivity contribution < 1.29 is 19.1 Å². The first-order valence-corrected chi connectivity index (χ1v) is 8.12. The monoisotopic (exact) mass is 344 g/mol. The number of nitrogens with one attached hydrogen (secondary N) is 1. The van der Waals surface area contributed by atoms with Crippen LogP contribution >= 0.6 is 0 Å². The molecular formula is C17H20N4O4. The van der Waals surface area contributed by atoms with Crippen LogP contribution in [0.1, 0.15) is 20.9 Å². The summed E-state index contributed by atoms with van der Waals surface area (Å²) >= 11 is 0. The zero-order chi connectivity index (χ0) is 17.6. The van der Waals surface area contributed by atoms with Crippen molar-refractivity contribution in [2.75, 3.05) is 44.2 Å². The van der Waals surface area contributed by atoms with Crippen LogP contribution in [-0.4, -0.2) is 66.1 Å². The molecular weight excluding hydrogens is 324 g/mol. The van der Waals surface area contributed by atoms with Gasteiger partial charge in [-0.05, 0) is 24.3 Å². The molecule has 0 spiro atoms. The number of hydrogen-bond donors (Lipinski definition) is 2. The van der Waals surface area contributed by atoms with Gasteiger partial charge >= 0.3 is 0 Å². The van der Waals surface area contributed by atoms with Crippen LogP contribution in [0.3, 0.4) is 0 Å². The smallest absolute Gasteiger partial charge is 0.289 e. The van der Waals surface area contributed by atoms with E-state index in [0.29, 0.717) is 43.3 Å². The van der Waals surface area contributed by atoms with Crippen LogP contribution < -0.4 is 10.2 Å². The number of carbonyl (C=O) groups is 2. The van der Waals surface area contributed by atoms with E-state index in [2.05, 4.69) is 10.3 Å². The number of aromatic nitrogens is 1. The Bertz CT molecular complexity index is 724. The molecule has 2 aromatic heterocycles. The molecule has 2 N–H and O–H groups in total. The van der Waals surface area contributed by atoms with Gasteiger partial charge in [-0.15, -0.1) is 0 Å². The average Bonchev–Trinajstić information content (AvgIpc) is 3.20. The minimum absolute atomic E-state index is 0.116. The molecule has 1 aliphatic heterocycles. The molecule has 1 saturated heterocycles. The molecule has 8 heteroatoms. The first-order valence-electron chi connectivity index (χ1n) is 8.12. The zero-order valence-corrected chi connectivity index (χ0v) is 13.7. The lowest BCUT2D eigenvalue weighted by molar-refractivity contribution is 0.0713. The van der Waals surface area contributed by atoms with Crippen molar-refractivity contribution in [3.05, 3.63) is 48.0 Å². The van der Waals surface area contributed by atoms with Gasteiger partial charge in [0.05, 0.1) is 18.4 Å². The SMILES string of the molecule is O=C(NCCO)c1cccnc1N1CCN(C(=O)c2ccco2)CC1. The summed E-state index contributed by atoms with van der Waals surface area (Å²) in [5.41, 5.74) is 0.460. The van der Waals surface area contributed by atoms with E-state index >= 15 is 0 Å². The predicted molar refractivity (Wildman–Crippen MR) is 90.5 cm³/mol. The van der Waals surface area contributed by atoms with E-state index in [-0.39, 0.29) is 25.0 Å². The number of anilines is 1. The van der Waals surface area contributed by atoms with E-state index in [4.69, 9.17) is 9.52 Å². The molecule has 1 aliphatic rings. The average molecular weight is 344 g/mol. The summed E-state index contributed by atoms with van der Waals surface area (Å²) in [7, 11) is 0. The number of pyridine rings is 1. The van der Waals surface area contributed by atoms with E-state index in [9.17, 15) is 9.59 Å². The van der Waals surface area contributed by atoms with Gasteiger partial charge in [-0.3, -0.25) is 9.59 Å². The highest BCUT2D eigenvalue weighted by molar-refractivity contribution is 5.99.